The molecule has 0 spiro atoms. The van der Waals surface area contributed by atoms with Gasteiger partial charge in [0.2, 0.25) is 11.8 Å². The lowest BCUT2D eigenvalue weighted by Crippen LogP contribution is -2.51. The first-order valence-electron chi connectivity index (χ1n) is 12.3. The second-order valence-electron chi connectivity index (χ2n) is 9.19. The van der Waals surface area contributed by atoms with Crippen LogP contribution in [0.25, 0.3) is 0 Å². The van der Waals surface area contributed by atoms with E-state index in [1.807, 2.05) is 70.2 Å². The number of benzene rings is 3. The summed E-state index contributed by atoms with van der Waals surface area (Å²) in [5, 5.41) is 2.76. The fourth-order valence-electron chi connectivity index (χ4n) is 4.02. The summed E-state index contributed by atoms with van der Waals surface area (Å²) in [6.07, 6.45) is 0. The molecule has 0 saturated carbocycles. The van der Waals surface area contributed by atoms with Gasteiger partial charge in [0.1, 0.15) is 12.6 Å². The monoisotopic (exact) mass is 521 g/mol. The van der Waals surface area contributed by atoms with Gasteiger partial charge in [-0.25, -0.2) is 8.42 Å². The number of amides is 2. The number of hydrogen-bond acceptors (Lipinski definition) is 4. The molecule has 0 aromatic heterocycles. The first-order chi connectivity index (χ1) is 17.5. The summed E-state index contributed by atoms with van der Waals surface area (Å²) in [4.78, 5) is 28.1. The summed E-state index contributed by atoms with van der Waals surface area (Å²) in [5.74, 6) is -0.773. The van der Waals surface area contributed by atoms with Gasteiger partial charge in [-0.3, -0.25) is 13.9 Å². The summed E-state index contributed by atoms with van der Waals surface area (Å²) < 4.78 is 29.0. The lowest BCUT2D eigenvalue weighted by Gasteiger charge is -2.32. The van der Waals surface area contributed by atoms with Crippen LogP contribution in [-0.2, 0) is 26.2 Å². The minimum atomic E-state index is -4.08. The number of carbonyl (C=O) groups is 2. The molecule has 1 N–H and O–H groups in total. The van der Waals surface area contributed by atoms with Gasteiger partial charge in [0.15, 0.2) is 0 Å². The van der Waals surface area contributed by atoms with E-state index in [2.05, 4.69) is 5.32 Å². The van der Waals surface area contributed by atoms with Crippen LogP contribution in [0.2, 0.25) is 0 Å². The highest BCUT2D eigenvalue weighted by Crippen LogP contribution is 2.28. The molecular formula is C29H35N3O4S. The van der Waals surface area contributed by atoms with Crippen LogP contribution in [0.4, 0.5) is 5.69 Å². The molecule has 0 aliphatic heterocycles. The van der Waals surface area contributed by atoms with Crippen molar-refractivity contribution in [2.45, 2.75) is 52.1 Å². The van der Waals surface area contributed by atoms with Crippen molar-refractivity contribution in [3.05, 3.63) is 95.1 Å². The highest BCUT2D eigenvalue weighted by atomic mass is 32.2. The SMILES string of the molecule is CCNC(=O)[C@H](C)N(Cc1ccccc1)C(=O)CN(c1cc(C)ccc1C)S(=O)(=O)c1ccc(C)cc1. The van der Waals surface area contributed by atoms with E-state index in [4.69, 9.17) is 0 Å². The molecule has 0 fully saturated rings. The van der Waals surface area contributed by atoms with Crippen LogP contribution in [0, 0.1) is 20.8 Å². The van der Waals surface area contributed by atoms with Gasteiger partial charge in [-0.05, 0) is 69.5 Å². The molecule has 0 radical (unpaired) electrons. The van der Waals surface area contributed by atoms with E-state index in [0.29, 0.717) is 12.2 Å². The summed E-state index contributed by atoms with van der Waals surface area (Å²) in [6.45, 7) is 9.18. The molecule has 3 aromatic carbocycles. The Balaban J connectivity index is 2.06. The summed E-state index contributed by atoms with van der Waals surface area (Å²) in [5.41, 5.74) is 3.79. The van der Waals surface area contributed by atoms with Crippen LogP contribution in [-0.4, -0.2) is 44.3 Å². The predicted octanol–water partition coefficient (Wildman–Crippen LogP) is 4.36. The number of hydrogen-bond donors (Lipinski definition) is 1. The predicted molar refractivity (Wildman–Crippen MR) is 147 cm³/mol. The van der Waals surface area contributed by atoms with E-state index >= 15 is 0 Å². The Morgan fingerprint density at radius 1 is 0.892 bits per heavy atom. The zero-order valence-corrected chi connectivity index (χ0v) is 22.9. The fourth-order valence-corrected chi connectivity index (χ4v) is 5.49. The van der Waals surface area contributed by atoms with Gasteiger partial charge in [-0.1, -0.05) is 60.2 Å². The molecule has 37 heavy (non-hydrogen) atoms. The summed E-state index contributed by atoms with van der Waals surface area (Å²) in [7, 11) is -4.08. The highest BCUT2D eigenvalue weighted by molar-refractivity contribution is 7.92. The zero-order chi connectivity index (χ0) is 27.2. The molecule has 0 aliphatic carbocycles. The van der Waals surface area contributed by atoms with Crippen LogP contribution in [0.15, 0.2) is 77.7 Å². The fraction of sp³-hybridized carbons (Fsp3) is 0.310. The van der Waals surface area contributed by atoms with Gasteiger partial charge in [0.25, 0.3) is 10.0 Å². The van der Waals surface area contributed by atoms with Crippen molar-refractivity contribution in [2.24, 2.45) is 0 Å². The highest BCUT2D eigenvalue weighted by Gasteiger charge is 2.33. The number of nitrogens with one attached hydrogen (secondary N) is 1. The normalized spacial score (nSPS) is 12.0. The molecule has 0 saturated heterocycles. The molecule has 0 heterocycles. The van der Waals surface area contributed by atoms with Gasteiger partial charge >= 0.3 is 0 Å². The number of carbonyl (C=O) groups excluding carboxylic acids is 2. The van der Waals surface area contributed by atoms with Gasteiger partial charge in [-0.15, -0.1) is 0 Å². The van der Waals surface area contributed by atoms with Crippen LogP contribution >= 0.6 is 0 Å². The van der Waals surface area contributed by atoms with Crippen molar-refractivity contribution in [3.8, 4) is 0 Å². The Labute approximate surface area is 220 Å². The summed E-state index contributed by atoms with van der Waals surface area (Å²) >= 11 is 0. The molecule has 8 heteroatoms. The third kappa shape index (κ3) is 6.77. The average molecular weight is 522 g/mol. The number of likely N-dealkylation sites (N-methyl/N-ethyl adjacent to an activating group) is 1. The van der Waals surface area contributed by atoms with Crippen molar-refractivity contribution in [1.29, 1.82) is 0 Å². The van der Waals surface area contributed by atoms with Crippen LogP contribution in [0.1, 0.15) is 36.1 Å². The minimum Gasteiger partial charge on any atom is -0.355 e. The van der Waals surface area contributed by atoms with E-state index in [-0.39, 0.29) is 17.3 Å². The molecule has 0 bridgehead atoms. The average Bonchev–Trinajstić information content (AvgIpc) is 2.87. The van der Waals surface area contributed by atoms with E-state index in [1.165, 1.54) is 4.90 Å². The molecule has 0 aliphatic rings. The third-order valence-corrected chi connectivity index (χ3v) is 8.01. The van der Waals surface area contributed by atoms with Gasteiger partial charge in [0.05, 0.1) is 10.6 Å². The topological polar surface area (TPSA) is 86.8 Å². The first-order valence-corrected chi connectivity index (χ1v) is 13.8. The first kappa shape index (κ1) is 27.9. The van der Waals surface area contributed by atoms with Crippen molar-refractivity contribution in [3.63, 3.8) is 0 Å². The Kier molecular flexibility index (Phi) is 9.10. The number of sulfonamides is 1. The van der Waals surface area contributed by atoms with Crippen LogP contribution in [0.5, 0.6) is 0 Å². The molecule has 0 unspecified atom stereocenters. The molecular weight excluding hydrogens is 486 g/mol. The lowest BCUT2D eigenvalue weighted by molar-refractivity contribution is -0.139. The number of aryl methyl sites for hydroxylation is 3. The van der Waals surface area contributed by atoms with Gasteiger partial charge < -0.3 is 10.2 Å². The Hall–Kier alpha value is -3.65. The van der Waals surface area contributed by atoms with Gasteiger partial charge in [-0.2, -0.15) is 0 Å². The quantitative estimate of drug-likeness (QED) is 0.430. The summed E-state index contributed by atoms with van der Waals surface area (Å²) in [6, 6.07) is 20.6. The number of anilines is 1. The Morgan fingerprint density at radius 3 is 2.14 bits per heavy atom. The molecule has 3 rings (SSSR count). The van der Waals surface area contributed by atoms with Crippen molar-refractivity contribution in [2.75, 3.05) is 17.4 Å². The van der Waals surface area contributed by atoms with Crippen molar-refractivity contribution < 1.29 is 18.0 Å². The molecule has 2 amide bonds. The van der Waals surface area contributed by atoms with Crippen LogP contribution < -0.4 is 9.62 Å². The van der Waals surface area contributed by atoms with Gasteiger partial charge in [0, 0.05) is 13.1 Å². The van der Waals surface area contributed by atoms with E-state index in [0.717, 1.165) is 26.6 Å². The van der Waals surface area contributed by atoms with E-state index < -0.39 is 28.5 Å². The zero-order valence-electron chi connectivity index (χ0n) is 22.1. The second kappa shape index (κ2) is 12.1. The van der Waals surface area contributed by atoms with Crippen molar-refractivity contribution >= 4 is 27.5 Å². The third-order valence-electron chi connectivity index (χ3n) is 6.24. The minimum absolute atomic E-state index is 0.0955. The lowest BCUT2D eigenvalue weighted by atomic mass is 10.1. The molecule has 3 aromatic rings. The Bertz CT molecular complexity index is 1340. The largest absolute Gasteiger partial charge is 0.355 e. The Morgan fingerprint density at radius 2 is 1.51 bits per heavy atom. The molecule has 196 valence electrons. The number of rotatable bonds is 10. The van der Waals surface area contributed by atoms with Crippen molar-refractivity contribution in [1.82, 2.24) is 10.2 Å². The van der Waals surface area contributed by atoms with Crippen LogP contribution in [0.3, 0.4) is 0 Å². The standard InChI is InChI=1S/C29H35N3O4S/c1-6-30-29(34)24(5)31(19-25-10-8-7-9-11-25)28(33)20-32(27-18-22(3)12-15-23(27)4)37(35,36)26-16-13-21(2)14-17-26/h7-18,24H,6,19-20H2,1-5H3,(H,30,34)/t24-/m0/s1. The van der Waals surface area contributed by atoms with E-state index in [9.17, 15) is 18.0 Å². The molecule has 7 nitrogen and oxygen atoms in total. The maximum Gasteiger partial charge on any atom is 0.264 e. The maximum absolute atomic E-state index is 13.9. The van der Waals surface area contributed by atoms with E-state index in [1.54, 1.807) is 37.3 Å². The number of nitrogens with zero attached hydrogens (tertiary/aromatic N) is 2. The second-order valence-corrected chi connectivity index (χ2v) is 11.1. The maximum atomic E-state index is 13.9. The molecule has 1 atom stereocenters. The smallest absolute Gasteiger partial charge is 0.264 e.